The number of carbonyl (C=O) groups excluding carboxylic acids is 1. The number of hydrogen-bond acceptors (Lipinski definition) is 6. The summed E-state index contributed by atoms with van der Waals surface area (Å²) < 4.78 is 27.2. The van der Waals surface area contributed by atoms with E-state index in [1.54, 1.807) is 6.92 Å². The molecule has 7 heteroatoms. The Morgan fingerprint density at radius 2 is 2.00 bits per heavy atom. The predicted octanol–water partition coefficient (Wildman–Crippen LogP) is -1.00. The molecule has 17 heavy (non-hydrogen) atoms. The third-order valence-corrected chi connectivity index (χ3v) is 4.39. The molecule has 6 nitrogen and oxygen atoms in total. The van der Waals surface area contributed by atoms with Gasteiger partial charge in [0, 0.05) is 19.6 Å². The van der Waals surface area contributed by atoms with E-state index in [1.807, 2.05) is 4.90 Å². The Morgan fingerprint density at radius 3 is 2.53 bits per heavy atom. The molecule has 1 atom stereocenters. The van der Waals surface area contributed by atoms with Crippen molar-refractivity contribution in [1.29, 1.82) is 0 Å². The molecule has 0 amide bonds. The molecule has 1 rings (SSSR count). The summed E-state index contributed by atoms with van der Waals surface area (Å²) >= 11 is 0. The van der Waals surface area contributed by atoms with Crippen LogP contribution in [0.15, 0.2) is 0 Å². The Hall–Kier alpha value is -0.660. The Balaban J connectivity index is 2.25. The van der Waals surface area contributed by atoms with E-state index in [9.17, 15) is 13.2 Å². The fourth-order valence-corrected chi connectivity index (χ4v) is 2.94. The third-order valence-electron chi connectivity index (χ3n) is 2.78. The molecule has 1 saturated heterocycles. The molecule has 0 aliphatic carbocycles. The van der Waals surface area contributed by atoms with E-state index in [2.05, 4.69) is 0 Å². The fourth-order valence-electron chi connectivity index (χ4n) is 1.66. The lowest BCUT2D eigenvalue weighted by Crippen LogP contribution is -2.43. The highest BCUT2D eigenvalue weighted by Crippen LogP contribution is 2.05. The summed E-state index contributed by atoms with van der Waals surface area (Å²) in [6.07, 6.45) is 0.499. The average Bonchev–Trinajstić information content (AvgIpc) is 2.27. The van der Waals surface area contributed by atoms with Gasteiger partial charge in [-0.25, -0.2) is 8.42 Å². The van der Waals surface area contributed by atoms with E-state index in [-0.39, 0.29) is 11.5 Å². The minimum Gasteiger partial charge on any atom is -0.465 e. The van der Waals surface area contributed by atoms with Gasteiger partial charge < -0.3 is 15.4 Å². The summed E-state index contributed by atoms with van der Waals surface area (Å²) in [6, 6.07) is -0.617. The molecule has 1 fully saturated rings. The number of ether oxygens (including phenoxy) is 1. The minimum absolute atomic E-state index is 0.196. The quantitative estimate of drug-likeness (QED) is 0.640. The highest BCUT2D eigenvalue weighted by atomic mass is 32.2. The second kappa shape index (κ2) is 6.32. The maximum atomic E-state index is 11.3. The molecule has 0 radical (unpaired) electrons. The monoisotopic (exact) mass is 264 g/mol. The van der Waals surface area contributed by atoms with Gasteiger partial charge in [0.15, 0.2) is 9.84 Å². The number of hydrogen-bond donors (Lipinski definition) is 1. The zero-order valence-corrected chi connectivity index (χ0v) is 10.9. The molecule has 0 saturated carbocycles. The third kappa shape index (κ3) is 5.01. The molecule has 0 spiro atoms. The van der Waals surface area contributed by atoms with E-state index in [0.717, 1.165) is 0 Å². The van der Waals surface area contributed by atoms with Crippen LogP contribution in [-0.2, 0) is 19.4 Å². The Morgan fingerprint density at radius 1 is 1.41 bits per heavy atom. The lowest BCUT2D eigenvalue weighted by molar-refractivity contribution is -0.144. The molecule has 100 valence electrons. The summed E-state index contributed by atoms with van der Waals surface area (Å²) in [7, 11) is -2.84. The maximum Gasteiger partial charge on any atom is 0.322 e. The van der Waals surface area contributed by atoms with E-state index >= 15 is 0 Å². The van der Waals surface area contributed by atoms with Crippen LogP contribution in [0.5, 0.6) is 0 Å². The van der Waals surface area contributed by atoms with Crippen LogP contribution in [0.2, 0.25) is 0 Å². The van der Waals surface area contributed by atoms with Crippen molar-refractivity contribution in [2.45, 2.75) is 19.4 Å². The Labute approximate surface area is 102 Å². The summed E-state index contributed by atoms with van der Waals surface area (Å²) in [4.78, 5) is 13.3. The van der Waals surface area contributed by atoms with Crippen LogP contribution in [-0.4, -0.2) is 63.1 Å². The van der Waals surface area contributed by atoms with Crippen LogP contribution < -0.4 is 5.73 Å². The van der Waals surface area contributed by atoms with Gasteiger partial charge in [-0.15, -0.1) is 0 Å². The van der Waals surface area contributed by atoms with Crippen molar-refractivity contribution in [2.75, 3.05) is 37.7 Å². The second-order valence-corrected chi connectivity index (χ2v) is 6.44. The normalized spacial score (nSPS) is 22.0. The number of carbonyl (C=O) groups is 1. The van der Waals surface area contributed by atoms with Gasteiger partial charge in [-0.2, -0.15) is 0 Å². The number of sulfone groups is 1. The number of rotatable bonds is 5. The van der Waals surface area contributed by atoms with Gasteiger partial charge in [0.1, 0.15) is 6.04 Å². The lowest BCUT2D eigenvalue weighted by Gasteiger charge is -2.27. The maximum absolute atomic E-state index is 11.3. The molecule has 0 bridgehead atoms. The molecular weight excluding hydrogens is 244 g/mol. The van der Waals surface area contributed by atoms with Crippen molar-refractivity contribution >= 4 is 15.8 Å². The molecule has 0 aromatic carbocycles. The Kier molecular flexibility index (Phi) is 5.35. The van der Waals surface area contributed by atoms with Crippen molar-refractivity contribution in [3.8, 4) is 0 Å². The second-order valence-electron chi connectivity index (χ2n) is 4.14. The summed E-state index contributed by atoms with van der Waals surface area (Å²) in [5, 5.41) is 0. The number of nitrogens with two attached hydrogens (primary N) is 1. The first kappa shape index (κ1) is 14.4. The minimum atomic E-state index is -2.84. The number of nitrogens with zero attached hydrogens (tertiary/aromatic N) is 1. The summed E-state index contributed by atoms with van der Waals surface area (Å²) in [6.45, 7) is 3.75. The molecule has 0 aromatic rings. The molecule has 1 aliphatic rings. The van der Waals surface area contributed by atoms with Gasteiger partial charge >= 0.3 is 5.97 Å². The van der Waals surface area contributed by atoms with E-state index < -0.39 is 21.8 Å². The summed E-state index contributed by atoms with van der Waals surface area (Å²) in [5.41, 5.74) is 5.65. The van der Waals surface area contributed by atoms with Crippen LogP contribution in [0.1, 0.15) is 13.3 Å². The van der Waals surface area contributed by atoms with Gasteiger partial charge in [-0.3, -0.25) is 4.79 Å². The van der Waals surface area contributed by atoms with Crippen LogP contribution in [0.25, 0.3) is 0 Å². The molecule has 1 aliphatic heterocycles. The standard InChI is InChI=1S/C10H20N2O4S/c1-2-16-10(13)9(11)3-4-12-5-7-17(14,15)8-6-12/h9H,2-8,11H2,1H3. The lowest BCUT2D eigenvalue weighted by atomic mass is 10.2. The zero-order valence-electron chi connectivity index (χ0n) is 10.1. The molecule has 0 aromatic heterocycles. The van der Waals surface area contributed by atoms with Gasteiger partial charge in [0.2, 0.25) is 0 Å². The van der Waals surface area contributed by atoms with Gasteiger partial charge in [0.05, 0.1) is 18.1 Å². The molecule has 1 unspecified atom stereocenters. The Bertz CT molecular complexity index is 341. The molecular formula is C10H20N2O4S. The first-order valence-corrected chi connectivity index (χ1v) is 7.62. The van der Waals surface area contributed by atoms with E-state index in [0.29, 0.717) is 32.7 Å². The first-order chi connectivity index (χ1) is 7.94. The largest absolute Gasteiger partial charge is 0.465 e. The number of esters is 1. The van der Waals surface area contributed by atoms with E-state index in [1.165, 1.54) is 0 Å². The molecule has 2 N–H and O–H groups in total. The van der Waals surface area contributed by atoms with Crippen LogP contribution >= 0.6 is 0 Å². The van der Waals surface area contributed by atoms with Gasteiger partial charge in [0.25, 0.3) is 0 Å². The fraction of sp³-hybridized carbons (Fsp3) is 0.900. The van der Waals surface area contributed by atoms with Crippen LogP contribution in [0.3, 0.4) is 0 Å². The highest BCUT2D eigenvalue weighted by molar-refractivity contribution is 7.91. The molecule has 1 heterocycles. The summed E-state index contributed by atoms with van der Waals surface area (Å²) in [5.74, 6) is 0.000606. The van der Waals surface area contributed by atoms with Crippen molar-refractivity contribution < 1.29 is 17.9 Å². The zero-order chi connectivity index (χ0) is 12.9. The van der Waals surface area contributed by atoms with Crippen molar-refractivity contribution in [3.05, 3.63) is 0 Å². The van der Waals surface area contributed by atoms with Crippen molar-refractivity contribution in [2.24, 2.45) is 5.73 Å². The predicted molar refractivity (Wildman–Crippen MR) is 64.3 cm³/mol. The van der Waals surface area contributed by atoms with Gasteiger partial charge in [-0.05, 0) is 13.3 Å². The van der Waals surface area contributed by atoms with Gasteiger partial charge in [-0.1, -0.05) is 0 Å². The van der Waals surface area contributed by atoms with Crippen LogP contribution in [0, 0.1) is 0 Å². The van der Waals surface area contributed by atoms with Crippen molar-refractivity contribution in [3.63, 3.8) is 0 Å². The topological polar surface area (TPSA) is 89.7 Å². The average molecular weight is 264 g/mol. The van der Waals surface area contributed by atoms with E-state index in [4.69, 9.17) is 10.5 Å². The smallest absolute Gasteiger partial charge is 0.322 e. The van der Waals surface area contributed by atoms with Crippen LogP contribution in [0.4, 0.5) is 0 Å². The SMILES string of the molecule is CCOC(=O)C(N)CCN1CCS(=O)(=O)CC1. The highest BCUT2D eigenvalue weighted by Gasteiger charge is 2.22. The first-order valence-electron chi connectivity index (χ1n) is 5.79. The van der Waals surface area contributed by atoms with Crippen molar-refractivity contribution in [1.82, 2.24) is 4.90 Å².